The number of quaternary nitrogens is 1. The highest BCUT2D eigenvalue weighted by Gasteiger charge is 2.19. The average molecular weight is 327 g/mol. The van der Waals surface area contributed by atoms with Crippen molar-refractivity contribution in [1.82, 2.24) is 4.72 Å². The summed E-state index contributed by atoms with van der Waals surface area (Å²) in [6, 6.07) is 3.57. The molecule has 0 aromatic heterocycles. The maximum absolute atomic E-state index is 12.4. The van der Waals surface area contributed by atoms with E-state index in [1.807, 2.05) is 26.8 Å². The Morgan fingerprint density at radius 1 is 1.14 bits per heavy atom. The molecular formula is C16H27N2O3S+. The minimum atomic E-state index is -3.42. The molecule has 2 N–H and O–H groups in total. The summed E-state index contributed by atoms with van der Waals surface area (Å²) in [7, 11) is -3.42. The van der Waals surface area contributed by atoms with Crippen LogP contribution < -0.4 is 9.62 Å². The maximum Gasteiger partial charge on any atom is 0.240 e. The molecule has 124 valence electrons. The Bertz CT molecular complexity index is 608. The zero-order chi connectivity index (χ0) is 16.2. The summed E-state index contributed by atoms with van der Waals surface area (Å²) >= 11 is 0. The van der Waals surface area contributed by atoms with Crippen LogP contribution in [0.3, 0.4) is 0 Å². The second-order valence-electron chi connectivity index (χ2n) is 5.99. The highest BCUT2D eigenvalue weighted by Crippen LogP contribution is 2.21. The molecule has 0 unspecified atom stereocenters. The van der Waals surface area contributed by atoms with Crippen LogP contribution in [0.25, 0.3) is 0 Å². The van der Waals surface area contributed by atoms with Crippen LogP contribution in [0.4, 0.5) is 0 Å². The molecule has 1 aromatic carbocycles. The lowest BCUT2D eigenvalue weighted by Crippen LogP contribution is -3.14. The van der Waals surface area contributed by atoms with Gasteiger partial charge in [0.05, 0.1) is 24.7 Å². The third-order valence-corrected chi connectivity index (χ3v) is 6.10. The van der Waals surface area contributed by atoms with Crippen molar-refractivity contribution in [3.63, 3.8) is 0 Å². The van der Waals surface area contributed by atoms with Gasteiger partial charge in [-0.1, -0.05) is 6.07 Å². The molecule has 0 aliphatic carbocycles. The predicted octanol–water partition coefficient (Wildman–Crippen LogP) is 0.195. The third-order valence-electron chi connectivity index (χ3n) is 4.50. The number of hydrogen-bond donors (Lipinski definition) is 2. The number of ether oxygens (including phenoxy) is 1. The van der Waals surface area contributed by atoms with Gasteiger partial charge >= 0.3 is 0 Å². The molecular weight excluding hydrogens is 300 g/mol. The summed E-state index contributed by atoms with van der Waals surface area (Å²) in [6.45, 7) is 11.0. The number of morpholine rings is 1. The zero-order valence-corrected chi connectivity index (χ0v) is 14.6. The van der Waals surface area contributed by atoms with Crippen molar-refractivity contribution in [2.45, 2.75) is 32.1 Å². The van der Waals surface area contributed by atoms with Crippen LogP contribution in [0.5, 0.6) is 0 Å². The number of sulfonamides is 1. The van der Waals surface area contributed by atoms with Crippen molar-refractivity contribution in [3.05, 3.63) is 28.8 Å². The van der Waals surface area contributed by atoms with E-state index in [1.54, 1.807) is 6.07 Å². The van der Waals surface area contributed by atoms with Gasteiger partial charge in [-0.3, -0.25) is 0 Å². The van der Waals surface area contributed by atoms with Gasteiger partial charge in [-0.2, -0.15) is 0 Å². The maximum atomic E-state index is 12.4. The molecule has 1 saturated heterocycles. The molecule has 0 radical (unpaired) electrons. The topological polar surface area (TPSA) is 59.8 Å². The summed E-state index contributed by atoms with van der Waals surface area (Å²) in [5.74, 6) is 0. The first-order valence-corrected chi connectivity index (χ1v) is 9.38. The number of benzene rings is 1. The lowest BCUT2D eigenvalue weighted by molar-refractivity contribution is -0.908. The Kier molecular flexibility index (Phi) is 5.97. The number of hydrogen-bond acceptors (Lipinski definition) is 3. The van der Waals surface area contributed by atoms with E-state index < -0.39 is 10.0 Å². The van der Waals surface area contributed by atoms with Gasteiger partial charge in [0.1, 0.15) is 13.1 Å². The lowest BCUT2D eigenvalue weighted by atomic mass is 10.1. The van der Waals surface area contributed by atoms with Crippen molar-refractivity contribution in [3.8, 4) is 0 Å². The van der Waals surface area contributed by atoms with Gasteiger partial charge in [-0.25, -0.2) is 13.1 Å². The summed E-state index contributed by atoms with van der Waals surface area (Å²) in [5.41, 5.74) is 3.00. The first kappa shape index (κ1) is 17.4. The van der Waals surface area contributed by atoms with Gasteiger partial charge in [0.25, 0.3) is 0 Å². The van der Waals surface area contributed by atoms with E-state index in [0.29, 0.717) is 11.4 Å². The summed E-state index contributed by atoms with van der Waals surface area (Å²) in [6.07, 6.45) is 0.846. The van der Waals surface area contributed by atoms with Gasteiger partial charge in [0.2, 0.25) is 10.0 Å². The van der Waals surface area contributed by atoms with Crippen LogP contribution in [0.15, 0.2) is 17.0 Å². The first-order valence-electron chi connectivity index (χ1n) is 7.89. The normalized spacial score (nSPS) is 16.9. The molecule has 0 spiro atoms. The quantitative estimate of drug-likeness (QED) is 0.734. The fraction of sp³-hybridized carbons (Fsp3) is 0.625. The summed E-state index contributed by atoms with van der Waals surface area (Å²) in [4.78, 5) is 1.89. The molecule has 1 aliphatic heterocycles. The molecule has 0 saturated carbocycles. The highest BCUT2D eigenvalue weighted by molar-refractivity contribution is 7.89. The SMILES string of the molecule is Cc1ccc(S(=O)(=O)NCCC[NH+]2CCOCC2)c(C)c1C. The Morgan fingerprint density at radius 3 is 2.50 bits per heavy atom. The van der Waals surface area contributed by atoms with Gasteiger partial charge in [-0.15, -0.1) is 0 Å². The fourth-order valence-electron chi connectivity index (χ4n) is 2.76. The van der Waals surface area contributed by atoms with E-state index in [4.69, 9.17) is 4.74 Å². The van der Waals surface area contributed by atoms with E-state index in [9.17, 15) is 8.42 Å². The molecule has 1 heterocycles. The van der Waals surface area contributed by atoms with Crippen LogP contribution in [-0.4, -0.2) is 47.8 Å². The van der Waals surface area contributed by atoms with Crippen molar-refractivity contribution >= 4 is 10.0 Å². The molecule has 2 rings (SSSR count). The first-order chi connectivity index (χ1) is 10.4. The van der Waals surface area contributed by atoms with Gasteiger partial charge in [-0.05, 0) is 43.5 Å². The number of nitrogens with one attached hydrogen (secondary N) is 2. The molecule has 1 fully saturated rings. The van der Waals surface area contributed by atoms with Gasteiger partial charge < -0.3 is 9.64 Å². The summed E-state index contributed by atoms with van der Waals surface area (Å²) in [5, 5.41) is 0. The molecule has 0 amide bonds. The van der Waals surface area contributed by atoms with Crippen LogP contribution in [0.1, 0.15) is 23.1 Å². The summed E-state index contributed by atoms with van der Waals surface area (Å²) < 4.78 is 32.9. The van der Waals surface area contributed by atoms with Crippen LogP contribution in [0.2, 0.25) is 0 Å². The van der Waals surface area contributed by atoms with E-state index >= 15 is 0 Å². The predicted molar refractivity (Wildman–Crippen MR) is 86.8 cm³/mol. The molecule has 1 aromatic rings. The minimum absolute atomic E-state index is 0.398. The van der Waals surface area contributed by atoms with Crippen molar-refractivity contribution < 1.29 is 18.1 Å². The number of aryl methyl sites for hydroxylation is 1. The van der Waals surface area contributed by atoms with Crippen LogP contribution >= 0.6 is 0 Å². The molecule has 1 aliphatic rings. The Balaban J connectivity index is 1.90. The number of rotatable bonds is 6. The van der Waals surface area contributed by atoms with Crippen LogP contribution in [0, 0.1) is 20.8 Å². The van der Waals surface area contributed by atoms with Gasteiger partial charge in [0, 0.05) is 13.0 Å². The smallest absolute Gasteiger partial charge is 0.240 e. The molecule has 22 heavy (non-hydrogen) atoms. The van der Waals surface area contributed by atoms with Gasteiger partial charge in [0.15, 0.2) is 0 Å². The Hall–Kier alpha value is -0.950. The molecule has 0 atom stereocenters. The molecule has 5 nitrogen and oxygen atoms in total. The van der Waals surface area contributed by atoms with E-state index in [1.165, 1.54) is 4.90 Å². The highest BCUT2D eigenvalue weighted by atomic mass is 32.2. The minimum Gasteiger partial charge on any atom is -0.370 e. The van der Waals surface area contributed by atoms with Crippen LogP contribution in [-0.2, 0) is 14.8 Å². The lowest BCUT2D eigenvalue weighted by Gasteiger charge is -2.23. The van der Waals surface area contributed by atoms with E-state index in [2.05, 4.69) is 4.72 Å². The molecule has 6 heteroatoms. The average Bonchev–Trinajstić information content (AvgIpc) is 2.50. The van der Waals surface area contributed by atoms with Crippen molar-refractivity contribution in [2.75, 3.05) is 39.4 Å². The molecule has 0 bridgehead atoms. The fourth-order valence-corrected chi connectivity index (χ4v) is 4.13. The monoisotopic (exact) mass is 327 g/mol. The Labute approximate surface area is 133 Å². The van der Waals surface area contributed by atoms with Crippen molar-refractivity contribution in [1.29, 1.82) is 0 Å². The van der Waals surface area contributed by atoms with Crippen molar-refractivity contribution in [2.24, 2.45) is 0 Å². The third kappa shape index (κ3) is 4.29. The standard InChI is InChI=1S/C16H26N2O3S/c1-13-5-6-16(15(3)14(13)2)22(19,20)17-7-4-8-18-9-11-21-12-10-18/h5-6,17H,4,7-12H2,1-3H3/p+1. The van der Waals surface area contributed by atoms with E-state index in [0.717, 1.165) is 56.0 Å². The second-order valence-corrected chi connectivity index (χ2v) is 7.73. The second kappa shape index (κ2) is 7.55. The zero-order valence-electron chi connectivity index (χ0n) is 13.7. The largest absolute Gasteiger partial charge is 0.370 e. The van der Waals surface area contributed by atoms with E-state index in [-0.39, 0.29) is 0 Å². The Morgan fingerprint density at radius 2 is 1.82 bits per heavy atom.